The number of carbonyl (C=O) groups is 1. The van der Waals surface area contributed by atoms with Crippen LogP contribution in [-0.4, -0.2) is 24.6 Å². The molecule has 1 heterocycles. The lowest BCUT2D eigenvalue weighted by Gasteiger charge is -2.24. The predicted octanol–water partition coefficient (Wildman–Crippen LogP) is 2.86. The Bertz CT molecular complexity index is 426. The average molecular weight is 248 g/mol. The number of ether oxygens (including phenoxy) is 1. The Balaban J connectivity index is 1.99. The second-order valence-electron chi connectivity index (χ2n) is 5.29. The molecule has 1 fully saturated rings. The van der Waals surface area contributed by atoms with Crippen molar-refractivity contribution in [1.82, 2.24) is 4.98 Å². The number of esters is 1. The minimum absolute atomic E-state index is 0.326. The third-order valence-electron chi connectivity index (χ3n) is 3.69. The van der Waals surface area contributed by atoms with E-state index < -0.39 is 0 Å². The first kappa shape index (κ1) is 12.9. The normalized spacial score (nSPS) is 17.4. The minimum Gasteiger partial charge on any atom is -0.465 e. The third kappa shape index (κ3) is 3.00. The van der Waals surface area contributed by atoms with Gasteiger partial charge in [-0.3, -0.25) is 0 Å². The monoisotopic (exact) mass is 248 g/mol. The van der Waals surface area contributed by atoms with Gasteiger partial charge in [-0.15, -0.1) is 0 Å². The number of aromatic nitrogens is 1. The fourth-order valence-electron chi connectivity index (χ4n) is 2.48. The second-order valence-corrected chi connectivity index (χ2v) is 5.29. The lowest BCUT2D eigenvalue weighted by atomic mass is 9.89. The van der Waals surface area contributed by atoms with E-state index in [-0.39, 0.29) is 5.97 Å². The summed E-state index contributed by atoms with van der Waals surface area (Å²) < 4.78 is 4.69. The van der Waals surface area contributed by atoms with Crippen LogP contribution in [0.4, 0.5) is 5.82 Å². The zero-order valence-electron chi connectivity index (χ0n) is 11.0. The van der Waals surface area contributed by atoms with Crippen molar-refractivity contribution in [1.29, 1.82) is 0 Å². The third-order valence-corrected chi connectivity index (χ3v) is 3.69. The molecule has 1 aliphatic carbocycles. The number of rotatable bonds is 4. The molecule has 0 spiro atoms. The number of hydrogen-bond donors (Lipinski definition) is 1. The topological polar surface area (TPSA) is 51.2 Å². The standard InChI is InChI=1S/C14H20N2O2/c1-14(6-3-4-7-14)10-16-12-9-11(5-8-15-12)13(17)18-2/h5,8-9H,3-4,6-7,10H2,1-2H3,(H,15,16). The summed E-state index contributed by atoms with van der Waals surface area (Å²) in [6, 6.07) is 3.40. The van der Waals surface area contributed by atoms with Crippen molar-refractivity contribution >= 4 is 11.8 Å². The number of carbonyl (C=O) groups excluding carboxylic acids is 1. The summed E-state index contributed by atoms with van der Waals surface area (Å²) in [5.41, 5.74) is 0.898. The van der Waals surface area contributed by atoms with Gasteiger partial charge in [0, 0.05) is 12.7 Å². The summed E-state index contributed by atoms with van der Waals surface area (Å²) in [5, 5.41) is 3.33. The van der Waals surface area contributed by atoms with Crippen LogP contribution in [0.1, 0.15) is 43.0 Å². The molecule has 98 valence electrons. The van der Waals surface area contributed by atoms with E-state index in [1.807, 2.05) is 0 Å². The van der Waals surface area contributed by atoms with Gasteiger partial charge in [0.1, 0.15) is 5.82 Å². The molecule has 1 aromatic heterocycles. The second kappa shape index (κ2) is 5.38. The van der Waals surface area contributed by atoms with Gasteiger partial charge in [-0.1, -0.05) is 19.8 Å². The molecule has 0 unspecified atom stereocenters. The number of hydrogen-bond acceptors (Lipinski definition) is 4. The average Bonchev–Trinajstić information content (AvgIpc) is 2.83. The van der Waals surface area contributed by atoms with Gasteiger partial charge in [-0.2, -0.15) is 0 Å². The van der Waals surface area contributed by atoms with Crippen LogP contribution in [0.2, 0.25) is 0 Å². The molecule has 0 saturated heterocycles. The highest BCUT2D eigenvalue weighted by atomic mass is 16.5. The highest BCUT2D eigenvalue weighted by Gasteiger charge is 2.28. The van der Waals surface area contributed by atoms with E-state index in [1.165, 1.54) is 32.8 Å². The fourth-order valence-corrected chi connectivity index (χ4v) is 2.48. The quantitative estimate of drug-likeness (QED) is 0.832. The molecule has 0 bridgehead atoms. The molecule has 4 heteroatoms. The molecule has 1 aromatic rings. The Labute approximate surface area is 108 Å². The van der Waals surface area contributed by atoms with Crippen molar-refractivity contribution in [2.75, 3.05) is 19.0 Å². The smallest absolute Gasteiger partial charge is 0.338 e. The molecule has 0 aliphatic heterocycles. The van der Waals surface area contributed by atoms with Crippen LogP contribution in [0.5, 0.6) is 0 Å². The van der Waals surface area contributed by atoms with Gasteiger partial charge in [0.05, 0.1) is 12.7 Å². The molecule has 1 aliphatic rings. The summed E-state index contributed by atoms with van der Waals surface area (Å²) in [6.45, 7) is 3.21. The van der Waals surface area contributed by atoms with Gasteiger partial charge < -0.3 is 10.1 Å². The van der Waals surface area contributed by atoms with Crippen LogP contribution in [0.25, 0.3) is 0 Å². The van der Waals surface area contributed by atoms with Crippen molar-refractivity contribution in [2.45, 2.75) is 32.6 Å². The van der Waals surface area contributed by atoms with Crippen molar-refractivity contribution in [3.8, 4) is 0 Å². The Morgan fingerprint density at radius 1 is 1.50 bits per heavy atom. The first-order valence-corrected chi connectivity index (χ1v) is 6.41. The van der Waals surface area contributed by atoms with E-state index in [0.29, 0.717) is 11.0 Å². The largest absolute Gasteiger partial charge is 0.465 e. The van der Waals surface area contributed by atoms with Crippen LogP contribution in [-0.2, 0) is 4.74 Å². The van der Waals surface area contributed by atoms with E-state index in [1.54, 1.807) is 18.3 Å². The van der Waals surface area contributed by atoms with Crippen LogP contribution in [0.3, 0.4) is 0 Å². The maximum absolute atomic E-state index is 11.4. The van der Waals surface area contributed by atoms with Crippen molar-refractivity contribution in [3.05, 3.63) is 23.9 Å². The van der Waals surface area contributed by atoms with Gasteiger partial charge in [-0.25, -0.2) is 9.78 Å². The molecule has 4 nitrogen and oxygen atoms in total. The Hall–Kier alpha value is -1.58. The van der Waals surface area contributed by atoms with E-state index in [2.05, 4.69) is 17.2 Å². The summed E-state index contributed by atoms with van der Waals surface area (Å²) in [7, 11) is 1.38. The molecular formula is C14H20N2O2. The van der Waals surface area contributed by atoms with Gasteiger partial charge in [0.15, 0.2) is 0 Å². The number of nitrogens with one attached hydrogen (secondary N) is 1. The molecule has 0 aromatic carbocycles. The van der Waals surface area contributed by atoms with Crippen molar-refractivity contribution in [2.24, 2.45) is 5.41 Å². The van der Waals surface area contributed by atoms with E-state index in [4.69, 9.17) is 4.74 Å². The van der Waals surface area contributed by atoms with Gasteiger partial charge >= 0.3 is 5.97 Å². The van der Waals surface area contributed by atoms with E-state index in [0.717, 1.165) is 12.4 Å². The fraction of sp³-hybridized carbons (Fsp3) is 0.571. The van der Waals surface area contributed by atoms with Crippen molar-refractivity contribution in [3.63, 3.8) is 0 Å². The lowest BCUT2D eigenvalue weighted by molar-refractivity contribution is 0.0600. The van der Waals surface area contributed by atoms with E-state index >= 15 is 0 Å². The zero-order chi connectivity index (χ0) is 13.0. The van der Waals surface area contributed by atoms with Crippen molar-refractivity contribution < 1.29 is 9.53 Å². The van der Waals surface area contributed by atoms with Crippen LogP contribution >= 0.6 is 0 Å². The first-order valence-electron chi connectivity index (χ1n) is 6.41. The van der Waals surface area contributed by atoms with Gasteiger partial charge in [-0.05, 0) is 30.4 Å². The lowest BCUT2D eigenvalue weighted by Crippen LogP contribution is -2.23. The number of methoxy groups -OCH3 is 1. The maximum Gasteiger partial charge on any atom is 0.338 e. The Kier molecular flexibility index (Phi) is 3.84. The van der Waals surface area contributed by atoms with Crippen LogP contribution < -0.4 is 5.32 Å². The van der Waals surface area contributed by atoms with E-state index in [9.17, 15) is 4.79 Å². The number of nitrogens with zero attached hydrogens (tertiary/aromatic N) is 1. The summed E-state index contributed by atoms with van der Waals surface area (Å²) in [5.74, 6) is 0.415. The maximum atomic E-state index is 11.4. The zero-order valence-corrected chi connectivity index (χ0v) is 11.0. The molecule has 0 amide bonds. The summed E-state index contributed by atoms with van der Waals surface area (Å²) in [6.07, 6.45) is 6.78. The molecule has 0 radical (unpaired) electrons. The van der Waals surface area contributed by atoms with Gasteiger partial charge in [0.25, 0.3) is 0 Å². The molecule has 1 saturated carbocycles. The van der Waals surface area contributed by atoms with Crippen LogP contribution in [0, 0.1) is 5.41 Å². The molecular weight excluding hydrogens is 228 g/mol. The van der Waals surface area contributed by atoms with Gasteiger partial charge in [0.2, 0.25) is 0 Å². The molecule has 2 rings (SSSR count). The predicted molar refractivity (Wildman–Crippen MR) is 70.6 cm³/mol. The number of anilines is 1. The van der Waals surface area contributed by atoms with Crippen LogP contribution in [0.15, 0.2) is 18.3 Å². The SMILES string of the molecule is COC(=O)c1ccnc(NCC2(C)CCCC2)c1. The molecule has 1 N–H and O–H groups in total. The minimum atomic E-state index is -0.326. The first-order chi connectivity index (χ1) is 8.63. The molecule has 0 atom stereocenters. The molecule has 18 heavy (non-hydrogen) atoms. The number of pyridine rings is 1. The summed E-state index contributed by atoms with van der Waals surface area (Å²) >= 11 is 0. The highest BCUT2D eigenvalue weighted by molar-refractivity contribution is 5.89. The Morgan fingerprint density at radius 3 is 2.89 bits per heavy atom. The Morgan fingerprint density at radius 2 is 2.22 bits per heavy atom. The highest BCUT2D eigenvalue weighted by Crippen LogP contribution is 2.37. The summed E-state index contributed by atoms with van der Waals surface area (Å²) in [4.78, 5) is 15.6.